The third kappa shape index (κ3) is 3.28. The summed E-state index contributed by atoms with van der Waals surface area (Å²) in [6.45, 7) is 1.71. The molecule has 0 amide bonds. The molecule has 1 unspecified atom stereocenters. The molecule has 21 heavy (non-hydrogen) atoms. The molecular weight excluding hydrogens is 278 g/mol. The van der Waals surface area contributed by atoms with Gasteiger partial charge in [-0.3, -0.25) is 0 Å². The summed E-state index contributed by atoms with van der Waals surface area (Å²) < 4.78 is 27.0. The summed E-state index contributed by atoms with van der Waals surface area (Å²) in [4.78, 5) is 11.0. The lowest BCUT2D eigenvalue weighted by Gasteiger charge is -2.17. The highest BCUT2D eigenvalue weighted by Gasteiger charge is 2.15. The van der Waals surface area contributed by atoms with Crippen LogP contribution in [-0.2, 0) is 0 Å². The number of hydrogen-bond donors (Lipinski definition) is 3. The lowest BCUT2D eigenvalue weighted by atomic mass is 10.1. The summed E-state index contributed by atoms with van der Waals surface area (Å²) in [5.41, 5.74) is 5.73. The van der Waals surface area contributed by atoms with Gasteiger partial charge in [0.2, 0.25) is 0 Å². The predicted octanol–water partition coefficient (Wildman–Crippen LogP) is 3.42. The number of hydrogen-bond acceptors (Lipinski definition) is 3. The Morgan fingerprint density at radius 2 is 2.00 bits per heavy atom. The van der Waals surface area contributed by atoms with Crippen LogP contribution in [0.15, 0.2) is 36.4 Å². The number of rotatable bonds is 4. The van der Waals surface area contributed by atoms with E-state index >= 15 is 0 Å². The van der Waals surface area contributed by atoms with Crippen LogP contribution in [0, 0.1) is 11.6 Å². The number of aromatic carboxylic acids is 1. The van der Waals surface area contributed by atoms with Crippen LogP contribution in [-0.4, -0.2) is 11.1 Å². The zero-order valence-electron chi connectivity index (χ0n) is 11.2. The maximum absolute atomic E-state index is 13.8. The first-order valence-corrected chi connectivity index (χ1v) is 6.23. The zero-order valence-corrected chi connectivity index (χ0v) is 11.2. The van der Waals surface area contributed by atoms with Crippen molar-refractivity contribution in [1.29, 1.82) is 0 Å². The Morgan fingerprint density at radius 3 is 2.62 bits per heavy atom. The van der Waals surface area contributed by atoms with Crippen LogP contribution in [0.3, 0.4) is 0 Å². The summed E-state index contributed by atoms with van der Waals surface area (Å²) in [6, 6.07) is 7.54. The second-order valence-electron chi connectivity index (χ2n) is 4.65. The first kappa shape index (κ1) is 14.8. The van der Waals surface area contributed by atoms with Gasteiger partial charge in [0.25, 0.3) is 0 Å². The van der Waals surface area contributed by atoms with Crippen LogP contribution in [0.4, 0.5) is 20.2 Å². The Labute approximate surface area is 120 Å². The molecule has 2 rings (SSSR count). The van der Waals surface area contributed by atoms with E-state index in [9.17, 15) is 13.6 Å². The van der Waals surface area contributed by atoms with Gasteiger partial charge in [-0.25, -0.2) is 13.6 Å². The number of nitrogens with one attached hydrogen (secondary N) is 1. The van der Waals surface area contributed by atoms with Crippen LogP contribution in [0.2, 0.25) is 0 Å². The van der Waals surface area contributed by atoms with Gasteiger partial charge in [0.05, 0.1) is 11.3 Å². The molecule has 0 radical (unpaired) electrons. The van der Waals surface area contributed by atoms with Crippen LogP contribution in [0.1, 0.15) is 28.9 Å². The topological polar surface area (TPSA) is 75.3 Å². The van der Waals surface area contributed by atoms with Crippen LogP contribution >= 0.6 is 0 Å². The third-order valence-corrected chi connectivity index (χ3v) is 3.09. The fourth-order valence-electron chi connectivity index (χ4n) is 1.98. The van der Waals surface area contributed by atoms with Crippen molar-refractivity contribution in [2.75, 3.05) is 11.1 Å². The lowest BCUT2D eigenvalue weighted by Crippen LogP contribution is -2.11. The third-order valence-electron chi connectivity index (χ3n) is 3.09. The minimum absolute atomic E-state index is 0.00152. The Kier molecular flexibility index (Phi) is 4.07. The molecule has 110 valence electrons. The minimum atomic E-state index is -1.24. The van der Waals surface area contributed by atoms with Crippen molar-refractivity contribution in [2.45, 2.75) is 13.0 Å². The monoisotopic (exact) mass is 292 g/mol. The molecule has 0 aliphatic heterocycles. The molecule has 0 spiro atoms. The molecule has 4 N–H and O–H groups in total. The number of carbonyl (C=O) groups is 1. The van der Waals surface area contributed by atoms with E-state index in [-0.39, 0.29) is 16.9 Å². The molecule has 0 saturated carbocycles. The number of nitrogen functional groups attached to an aromatic ring is 1. The fraction of sp³-hybridized carbons (Fsp3) is 0.133. The van der Waals surface area contributed by atoms with E-state index in [1.165, 1.54) is 12.1 Å². The summed E-state index contributed by atoms with van der Waals surface area (Å²) in [5.74, 6) is -2.31. The standard InChI is InChI=1S/C15H14F2N2O2/c1-8(9-3-2-4-10(16)5-9)19-14-6-11(15(20)21)13(18)7-12(14)17/h2-8,19H,18H2,1H3,(H,20,21). The van der Waals surface area contributed by atoms with E-state index < -0.39 is 23.6 Å². The van der Waals surface area contributed by atoms with Crippen LogP contribution in [0.25, 0.3) is 0 Å². The average Bonchev–Trinajstić information content (AvgIpc) is 2.41. The Bertz CT molecular complexity index is 689. The smallest absolute Gasteiger partial charge is 0.337 e. The van der Waals surface area contributed by atoms with Gasteiger partial charge in [-0.15, -0.1) is 0 Å². The van der Waals surface area contributed by atoms with E-state index in [1.807, 2.05) is 0 Å². The fourth-order valence-corrected chi connectivity index (χ4v) is 1.98. The Balaban J connectivity index is 2.31. The Hall–Kier alpha value is -2.63. The normalized spacial score (nSPS) is 12.0. The number of anilines is 2. The number of carboxylic acid groups (broad SMARTS) is 1. The maximum Gasteiger partial charge on any atom is 0.337 e. The van der Waals surface area contributed by atoms with Gasteiger partial charge in [0.1, 0.15) is 11.6 Å². The number of halogens is 2. The van der Waals surface area contributed by atoms with Crippen molar-refractivity contribution in [3.8, 4) is 0 Å². The molecule has 2 aromatic carbocycles. The molecule has 0 saturated heterocycles. The zero-order chi connectivity index (χ0) is 15.6. The second kappa shape index (κ2) is 5.78. The largest absolute Gasteiger partial charge is 0.478 e. The maximum atomic E-state index is 13.8. The number of carboxylic acids is 1. The van der Waals surface area contributed by atoms with E-state index in [0.29, 0.717) is 5.56 Å². The quantitative estimate of drug-likeness (QED) is 0.755. The van der Waals surface area contributed by atoms with Gasteiger partial charge in [-0.05, 0) is 36.8 Å². The van der Waals surface area contributed by atoms with Gasteiger partial charge < -0.3 is 16.2 Å². The highest BCUT2D eigenvalue weighted by atomic mass is 19.1. The van der Waals surface area contributed by atoms with Crippen molar-refractivity contribution < 1.29 is 18.7 Å². The van der Waals surface area contributed by atoms with E-state index in [1.54, 1.807) is 19.1 Å². The minimum Gasteiger partial charge on any atom is -0.478 e. The van der Waals surface area contributed by atoms with E-state index in [2.05, 4.69) is 5.32 Å². The molecule has 1 atom stereocenters. The molecule has 0 aromatic heterocycles. The van der Waals surface area contributed by atoms with Crippen LogP contribution in [0.5, 0.6) is 0 Å². The van der Waals surface area contributed by atoms with Gasteiger partial charge in [0.15, 0.2) is 0 Å². The number of nitrogens with two attached hydrogens (primary N) is 1. The van der Waals surface area contributed by atoms with Gasteiger partial charge >= 0.3 is 5.97 Å². The predicted molar refractivity (Wildman–Crippen MR) is 76.2 cm³/mol. The Morgan fingerprint density at radius 1 is 1.29 bits per heavy atom. The first-order chi connectivity index (χ1) is 9.88. The number of benzene rings is 2. The van der Waals surface area contributed by atoms with E-state index in [4.69, 9.17) is 10.8 Å². The molecule has 6 heteroatoms. The molecule has 0 bridgehead atoms. The van der Waals surface area contributed by atoms with E-state index in [0.717, 1.165) is 12.1 Å². The average molecular weight is 292 g/mol. The van der Waals surface area contributed by atoms with Crippen molar-refractivity contribution in [2.24, 2.45) is 0 Å². The molecule has 0 fully saturated rings. The summed E-state index contributed by atoms with van der Waals surface area (Å²) in [6.07, 6.45) is 0. The molecular formula is C15H14F2N2O2. The second-order valence-corrected chi connectivity index (χ2v) is 4.65. The molecule has 0 aliphatic carbocycles. The van der Waals surface area contributed by atoms with Crippen molar-refractivity contribution >= 4 is 17.3 Å². The summed E-state index contributed by atoms with van der Waals surface area (Å²) in [7, 11) is 0. The lowest BCUT2D eigenvalue weighted by molar-refractivity contribution is 0.0698. The first-order valence-electron chi connectivity index (χ1n) is 6.23. The molecule has 0 heterocycles. The summed E-state index contributed by atoms with van der Waals surface area (Å²) >= 11 is 0. The van der Waals surface area contributed by atoms with Crippen molar-refractivity contribution in [3.63, 3.8) is 0 Å². The van der Waals surface area contributed by atoms with Crippen molar-refractivity contribution in [3.05, 3.63) is 59.2 Å². The highest BCUT2D eigenvalue weighted by molar-refractivity contribution is 5.94. The molecule has 0 aliphatic rings. The van der Waals surface area contributed by atoms with Crippen LogP contribution < -0.4 is 11.1 Å². The molecule has 4 nitrogen and oxygen atoms in total. The SMILES string of the molecule is CC(Nc1cc(C(=O)O)c(N)cc1F)c1cccc(F)c1. The molecule has 2 aromatic rings. The van der Waals surface area contributed by atoms with Gasteiger partial charge in [0, 0.05) is 11.7 Å². The van der Waals surface area contributed by atoms with Gasteiger partial charge in [-0.1, -0.05) is 12.1 Å². The van der Waals surface area contributed by atoms with Crippen molar-refractivity contribution in [1.82, 2.24) is 0 Å². The summed E-state index contributed by atoms with van der Waals surface area (Å²) in [5, 5.41) is 11.8. The van der Waals surface area contributed by atoms with Gasteiger partial charge in [-0.2, -0.15) is 0 Å². The highest BCUT2D eigenvalue weighted by Crippen LogP contribution is 2.26.